The monoisotopic (exact) mass is 273 g/mol. The number of halogens is 2. The molecule has 1 saturated heterocycles. The van der Waals surface area contributed by atoms with Crippen molar-refractivity contribution in [2.75, 3.05) is 19.8 Å². The topological polar surface area (TPSA) is 21.3 Å². The molecule has 0 aliphatic carbocycles. The Bertz CT molecular complexity index is 364. The zero-order chi connectivity index (χ0) is 12.1. The first-order valence-corrected chi connectivity index (χ1v) is 6.73. The van der Waals surface area contributed by atoms with E-state index in [-0.39, 0.29) is 0 Å². The Kier molecular flexibility index (Phi) is 5.11. The molecule has 0 amide bonds. The first-order valence-electron chi connectivity index (χ1n) is 5.98. The van der Waals surface area contributed by atoms with Crippen molar-refractivity contribution in [2.45, 2.75) is 19.4 Å². The smallest absolute Gasteiger partial charge is 0.0469 e. The van der Waals surface area contributed by atoms with E-state index in [0.29, 0.717) is 5.02 Å². The minimum absolute atomic E-state index is 0.683. The van der Waals surface area contributed by atoms with Gasteiger partial charge < -0.3 is 10.1 Å². The highest BCUT2D eigenvalue weighted by Crippen LogP contribution is 2.21. The number of rotatable bonds is 4. The predicted molar refractivity (Wildman–Crippen MR) is 71.7 cm³/mol. The van der Waals surface area contributed by atoms with Crippen molar-refractivity contribution in [2.24, 2.45) is 5.92 Å². The fourth-order valence-electron chi connectivity index (χ4n) is 2.03. The summed E-state index contributed by atoms with van der Waals surface area (Å²) in [6.45, 7) is 3.62. The van der Waals surface area contributed by atoms with Gasteiger partial charge in [-0.2, -0.15) is 0 Å². The van der Waals surface area contributed by atoms with Crippen LogP contribution in [0.5, 0.6) is 0 Å². The molecule has 94 valence electrons. The van der Waals surface area contributed by atoms with Gasteiger partial charge in [0, 0.05) is 29.8 Å². The molecule has 1 aromatic carbocycles. The number of hydrogen-bond donors (Lipinski definition) is 1. The zero-order valence-corrected chi connectivity index (χ0v) is 11.2. The molecular formula is C13H17Cl2NO. The molecule has 0 atom stereocenters. The van der Waals surface area contributed by atoms with Crippen LogP contribution in [0.2, 0.25) is 10.0 Å². The fourth-order valence-corrected chi connectivity index (χ4v) is 2.50. The minimum atomic E-state index is 0.683. The molecule has 4 heteroatoms. The van der Waals surface area contributed by atoms with E-state index in [0.717, 1.165) is 55.6 Å². The van der Waals surface area contributed by atoms with E-state index < -0.39 is 0 Å². The van der Waals surface area contributed by atoms with Crippen LogP contribution in [0.1, 0.15) is 18.4 Å². The Hall–Kier alpha value is -0.280. The largest absolute Gasteiger partial charge is 0.381 e. The molecule has 17 heavy (non-hydrogen) atoms. The maximum Gasteiger partial charge on any atom is 0.0469 e. The van der Waals surface area contributed by atoms with Gasteiger partial charge in [-0.1, -0.05) is 29.3 Å². The van der Waals surface area contributed by atoms with Crippen molar-refractivity contribution < 1.29 is 4.74 Å². The highest BCUT2D eigenvalue weighted by molar-refractivity contribution is 6.35. The molecule has 1 N–H and O–H groups in total. The number of hydrogen-bond acceptors (Lipinski definition) is 2. The summed E-state index contributed by atoms with van der Waals surface area (Å²) < 4.78 is 5.33. The molecule has 1 fully saturated rings. The van der Waals surface area contributed by atoms with Crippen LogP contribution in [-0.4, -0.2) is 19.8 Å². The molecule has 2 rings (SSSR count). The Morgan fingerprint density at radius 2 is 2.00 bits per heavy atom. The summed E-state index contributed by atoms with van der Waals surface area (Å²) in [4.78, 5) is 0. The maximum atomic E-state index is 6.11. The van der Waals surface area contributed by atoms with Gasteiger partial charge >= 0.3 is 0 Å². The van der Waals surface area contributed by atoms with Gasteiger partial charge in [0.25, 0.3) is 0 Å². The minimum Gasteiger partial charge on any atom is -0.381 e. The van der Waals surface area contributed by atoms with Crippen molar-refractivity contribution in [1.82, 2.24) is 5.32 Å². The van der Waals surface area contributed by atoms with E-state index in [1.807, 2.05) is 12.1 Å². The Morgan fingerprint density at radius 3 is 2.71 bits per heavy atom. The molecule has 1 aromatic rings. The Balaban J connectivity index is 1.77. The molecular weight excluding hydrogens is 257 g/mol. The summed E-state index contributed by atoms with van der Waals surface area (Å²) in [5.41, 5.74) is 1.10. The van der Waals surface area contributed by atoms with Crippen LogP contribution < -0.4 is 5.32 Å². The van der Waals surface area contributed by atoms with E-state index in [4.69, 9.17) is 27.9 Å². The van der Waals surface area contributed by atoms with Crippen LogP contribution in [0.4, 0.5) is 0 Å². The van der Waals surface area contributed by atoms with Gasteiger partial charge in [0.1, 0.15) is 0 Å². The van der Waals surface area contributed by atoms with E-state index in [9.17, 15) is 0 Å². The lowest BCUT2D eigenvalue weighted by molar-refractivity contribution is 0.0662. The third kappa shape index (κ3) is 4.14. The normalized spacial score (nSPS) is 17.3. The van der Waals surface area contributed by atoms with Gasteiger partial charge in [-0.05, 0) is 43.0 Å². The molecule has 2 nitrogen and oxygen atoms in total. The number of ether oxygens (including phenoxy) is 1. The number of benzene rings is 1. The van der Waals surface area contributed by atoms with Crippen LogP contribution in [0.25, 0.3) is 0 Å². The van der Waals surface area contributed by atoms with Crippen LogP contribution in [0, 0.1) is 5.92 Å². The average Bonchev–Trinajstić information content (AvgIpc) is 2.33. The second-order valence-electron chi connectivity index (χ2n) is 4.42. The van der Waals surface area contributed by atoms with E-state index >= 15 is 0 Å². The lowest BCUT2D eigenvalue weighted by atomic mass is 10.0. The molecule has 1 heterocycles. The second kappa shape index (κ2) is 6.60. The Labute approximate surface area is 112 Å². The van der Waals surface area contributed by atoms with Gasteiger partial charge in [0.2, 0.25) is 0 Å². The van der Waals surface area contributed by atoms with Gasteiger partial charge in [0.15, 0.2) is 0 Å². The number of nitrogens with one attached hydrogen (secondary N) is 1. The van der Waals surface area contributed by atoms with E-state index in [2.05, 4.69) is 5.32 Å². The summed E-state index contributed by atoms with van der Waals surface area (Å²) in [5.74, 6) is 0.731. The molecule has 0 aromatic heterocycles. The highest BCUT2D eigenvalue weighted by atomic mass is 35.5. The third-order valence-electron chi connectivity index (χ3n) is 3.10. The summed E-state index contributed by atoms with van der Waals surface area (Å²) >= 11 is 12.0. The van der Waals surface area contributed by atoms with Gasteiger partial charge in [-0.25, -0.2) is 0 Å². The van der Waals surface area contributed by atoms with Crippen LogP contribution in [-0.2, 0) is 11.3 Å². The SMILES string of the molecule is Clc1ccc(CNCC2CCOCC2)c(Cl)c1. The average molecular weight is 274 g/mol. The molecule has 0 spiro atoms. The van der Waals surface area contributed by atoms with Crippen LogP contribution in [0.15, 0.2) is 18.2 Å². The lowest BCUT2D eigenvalue weighted by Crippen LogP contribution is -2.27. The first-order chi connectivity index (χ1) is 8.25. The summed E-state index contributed by atoms with van der Waals surface area (Å²) in [5, 5.41) is 4.87. The molecule has 0 radical (unpaired) electrons. The molecule has 0 bridgehead atoms. The predicted octanol–water partition coefficient (Wildman–Crippen LogP) is 3.51. The van der Waals surface area contributed by atoms with Crippen LogP contribution in [0.3, 0.4) is 0 Å². The van der Waals surface area contributed by atoms with Gasteiger partial charge in [-0.3, -0.25) is 0 Å². The summed E-state index contributed by atoms with van der Waals surface area (Å²) in [6.07, 6.45) is 2.31. The van der Waals surface area contributed by atoms with E-state index in [1.165, 1.54) is 0 Å². The maximum absolute atomic E-state index is 6.11. The summed E-state index contributed by atoms with van der Waals surface area (Å²) in [7, 11) is 0. The fraction of sp³-hybridized carbons (Fsp3) is 0.538. The molecule has 1 aliphatic heterocycles. The zero-order valence-electron chi connectivity index (χ0n) is 9.72. The Morgan fingerprint density at radius 1 is 1.24 bits per heavy atom. The van der Waals surface area contributed by atoms with Gasteiger partial charge in [-0.15, -0.1) is 0 Å². The van der Waals surface area contributed by atoms with Crippen molar-refractivity contribution >= 4 is 23.2 Å². The summed E-state index contributed by atoms with van der Waals surface area (Å²) in [6, 6.07) is 5.63. The quantitative estimate of drug-likeness (QED) is 0.907. The lowest BCUT2D eigenvalue weighted by Gasteiger charge is -2.22. The standard InChI is InChI=1S/C13H17Cl2NO/c14-12-2-1-11(13(15)7-12)9-16-8-10-3-5-17-6-4-10/h1-2,7,10,16H,3-6,8-9H2. The molecule has 0 unspecified atom stereocenters. The van der Waals surface area contributed by atoms with Crippen molar-refractivity contribution in [3.63, 3.8) is 0 Å². The second-order valence-corrected chi connectivity index (χ2v) is 5.27. The van der Waals surface area contributed by atoms with Crippen molar-refractivity contribution in [3.8, 4) is 0 Å². The molecule has 1 aliphatic rings. The first kappa shape index (κ1) is 13.2. The van der Waals surface area contributed by atoms with Crippen LogP contribution >= 0.6 is 23.2 Å². The highest BCUT2D eigenvalue weighted by Gasteiger charge is 2.13. The van der Waals surface area contributed by atoms with E-state index in [1.54, 1.807) is 6.07 Å². The van der Waals surface area contributed by atoms with Crippen molar-refractivity contribution in [1.29, 1.82) is 0 Å². The third-order valence-corrected chi connectivity index (χ3v) is 3.69. The van der Waals surface area contributed by atoms with Crippen molar-refractivity contribution in [3.05, 3.63) is 33.8 Å². The molecule has 0 saturated carbocycles. The van der Waals surface area contributed by atoms with Gasteiger partial charge in [0.05, 0.1) is 0 Å².